The summed E-state index contributed by atoms with van der Waals surface area (Å²) < 4.78 is 1.95. The Kier molecular flexibility index (Phi) is 4.84. The van der Waals surface area contributed by atoms with E-state index >= 15 is 0 Å². The third-order valence-corrected chi connectivity index (χ3v) is 4.46. The van der Waals surface area contributed by atoms with Crippen LogP contribution in [0.15, 0.2) is 54.7 Å². The smallest absolute Gasteiger partial charge is 0.269 e. The molecule has 3 aromatic heterocycles. The van der Waals surface area contributed by atoms with Crippen molar-refractivity contribution in [2.45, 2.75) is 12.8 Å². The number of pyridine rings is 1. The molecule has 0 bridgehead atoms. The maximum Gasteiger partial charge on any atom is 0.269 e. The Labute approximate surface area is 160 Å². The topological polar surface area (TPSA) is 88.0 Å². The first-order valence-corrected chi connectivity index (χ1v) is 8.97. The molecule has 1 aromatic carbocycles. The Bertz CT molecular complexity index is 1070. The lowest BCUT2D eigenvalue weighted by atomic mass is 10.1. The van der Waals surface area contributed by atoms with Gasteiger partial charge >= 0.3 is 0 Å². The van der Waals surface area contributed by atoms with Gasteiger partial charge in [0.2, 0.25) is 0 Å². The zero-order valence-corrected chi connectivity index (χ0v) is 15.1. The summed E-state index contributed by atoms with van der Waals surface area (Å²) in [5.41, 5.74) is 2.84. The largest absolute Gasteiger partial charge is 0.351 e. The number of fused-ring (bicyclic) bond motifs is 1. The van der Waals surface area contributed by atoms with Gasteiger partial charge in [0, 0.05) is 29.7 Å². The first-order valence-electron chi connectivity index (χ1n) is 8.59. The number of rotatable bonds is 6. The van der Waals surface area contributed by atoms with Gasteiger partial charge in [-0.1, -0.05) is 29.8 Å². The second-order valence-corrected chi connectivity index (χ2v) is 6.51. The Balaban J connectivity index is 1.31. The average molecular weight is 381 g/mol. The molecule has 0 unspecified atom stereocenters. The maximum absolute atomic E-state index is 12.3. The molecule has 0 saturated heterocycles. The van der Waals surface area contributed by atoms with Crippen molar-refractivity contribution >= 4 is 23.2 Å². The van der Waals surface area contributed by atoms with Crippen LogP contribution in [-0.2, 0) is 6.42 Å². The molecule has 0 saturated carbocycles. The van der Waals surface area contributed by atoms with Crippen molar-refractivity contribution in [3.05, 3.63) is 71.3 Å². The molecule has 1 amide bonds. The van der Waals surface area contributed by atoms with Gasteiger partial charge in [-0.3, -0.25) is 14.3 Å². The van der Waals surface area contributed by atoms with Crippen LogP contribution in [-0.4, -0.2) is 37.2 Å². The minimum Gasteiger partial charge on any atom is -0.351 e. The van der Waals surface area contributed by atoms with Crippen LogP contribution in [0.3, 0.4) is 0 Å². The summed E-state index contributed by atoms with van der Waals surface area (Å²) in [7, 11) is 0. The van der Waals surface area contributed by atoms with Gasteiger partial charge in [-0.2, -0.15) is 5.10 Å². The van der Waals surface area contributed by atoms with E-state index in [9.17, 15) is 4.79 Å². The molecule has 0 spiro atoms. The first kappa shape index (κ1) is 17.2. The van der Waals surface area contributed by atoms with Crippen molar-refractivity contribution in [2.24, 2.45) is 0 Å². The standard InChI is InChI=1S/C19H17ClN6O/c20-14-8-6-13(7-9-14)15-12-16(23-22-15)19(27)21-10-3-5-18-25-24-17-4-1-2-11-26(17)18/h1-2,4,6-9,11-12H,3,5,10H2,(H,21,27)(H,22,23). The summed E-state index contributed by atoms with van der Waals surface area (Å²) in [5, 5.41) is 18.8. The Hall–Kier alpha value is -3.19. The molecule has 0 radical (unpaired) electrons. The number of carbonyl (C=O) groups excluding carboxylic acids is 1. The minimum absolute atomic E-state index is 0.186. The monoisotopic (exact) mass is 380 g/mol. The van der Waals surface area contributed by atoms with E-state index in [-0.39, 0.29) is 5.91 Å². The number of amides is 1. The van der Waals surface area contributed by atoms with Crippen LogP contribution in [0.25, 0.3) is 16.9 Å². The van der Waals surface area contributed by atoms with Gasteiger partial charge in [-0.05, 0) is 36.8 Å². The minimum atomic E-state index is -0.186. The zero-order chi connectivity index (χ0) is 18.6. The molecule has 0 aliphatic heterocycles. The Morgan fingerprint density at radius 2 is 2.00 bits per heavy atom. The molecular formula is C19H17ClN6O. The molecule has 3 heterocycles. The predicted octanol–water partition coefficient (Wildman–Crippen LogP) is 3.14. The molecule has 0 aliphatic carbocycles. The molecule has 27 heavy (non-hydrogen) atoms. The number of nitrogens with one attached hydrogen (secondary N) is 2. The van der Waals surface area contributed by atoms with Gasteiger partial charge in [0.1, 0.15) is 11.5 Å². The number of hydrogen-bond donors (Lipinski definition) is 2. The maximum atomic E-state index is 12.3. The van der Waals surface area contributed by atoms with Crippen molar-refractivity contribution in [1.82, 2.24) is 30.1 Å². The molecule has 4 rings (SSSR count). The predicted molar refractivity (Wildman–Crippen MR) is 103 cm³/mol. The van der Waals surface area contributed by atoms with E-state index < -0.39 is 0 Å². The quantitative estimate of drug-likeness (QED) is 0.503. The molecular weight excluding hydrogens is 364 g/mol. The number of H-pyrrole nitrogens is 1. The highest BCUT2D eigenvalue weighted by Gasteiger charge is 2.11. The number of nitrogens with zero attached hydrogens (tertiary/aromatic N) is 4. The fourth-order valence-corrected chi connectivity index (χ4v) is 2.94. The van der Waals surface area contributed by atoms with Crippen molar-refractivity contribution in [1.29, 1.82) is 0 Å². The van der Waals surface area contributed by atoms with Gasteiger partial charge < -0.3 is 5.32 Å². The highest BCUT2D eigenvalue weighted by atomic mass is 35.5. The van der Waals surface area contributed by atoms with Crippen LogP contribution in [0.5, 0.6) is 0 Å². The number of aryl methyl sites for hydroxylation is 1. The molecule has 0 fully saturated rings. The number of benzene rings is 1. The molecule has 0 aliphatic rings. The fraction of sp³-hybridized carbons (Fsp3) is 0.158. The van der Waals surface area contributed by atoms with Crippen LogP contribution in [0.1, 0.15) is 22.7 Å². The van der Waals surface area contributed by atoms with Crippen molar-refractivity contribution < 1.29 is 4.79 Å². The lowest BCUT2D eigenvalue weighted by Crippen LogP contribution is -2.25. The first-order chi connectivity index (χ1) is 13.2. The van der Waals surface area contributed by atoms with Gasteiger partial charge in [-0.25, -0.2) is 0 Å². The molecule has 4 aromatic rings. The average Bonchev–Trinajstić information content (AvgIpc) is 3.33. The molecule has 2 N–H and O–H groups in total. The highest BCUT2D eigenvalue weighted by Crippen LogP contribution is 2.20. The van der Waals surface area contributed by atoms with Crippen LogP contribution in [0.2, 0.25) is 5.02 Å². The highest BCUT2D eigenvalue weighted by molar-refractivity contribution is 6.30. The third kappa shape index (κ3) is 3.83. The summed E-state index contributed by atoms with van der Waals surface area (Å²) in [6.45, 7) is 0.538. The van der Waals surface area contributed by atoms with Crippen LogP contribution in [0, 0.1) is 0 Å². The summed E-state index contributed by atoms with van der Waals surface area (Å²) >= 11 is 5.89. The van der Waals surface area contributed by atoms with Crippen molar-refractivity contribution in [2.75, 3.05) is 6.54 Å². The van der Waals surface area contributed by atoms with Crippen LogP contribution < -0.4 is 5.32 Å². The van der Waals surface area contributed by atoms with E-state index in [1.165, 1.54) is 0 Å². The van der Waals surface area contributed by atoms with Gasteiger partial charge in [-0.15, -0.1) is 10.2 Å². The fourth-order valence-electron chi connectivity index (χ4n) is 2.81. The SMILES string of the molecule is O=C(NCCCc1nnc2ccccn12)c1cc(-c2ccc(Cl)cc2)n[nH]1. The summed E-state index contributed by atoms with van der Waals surface area (Å²) in [6.07, 6.45) is 3.43. The van der Waals surface area contributed by atoms with E-state index in [0.717, 1.165) is 29.9 Å². The van der Waals surface area contributed by atoms with Crippen molar-refractivity contribution in [3.8, 4) is 11.3 Å². The summed E-state index contributed by atoms with van der Waals surface area (Å²) in [4.78, 5) is 12.3. The molecule has 136 valence electrons. The Morgan fingerprint density at radius 3 is 2.85 bits per heavy atom. The van der Waals surface area contributed by atoms with E-state index in [1.54, 1.807) is 18.2 Å². The zero-order valence-electron chi connectivity index (χ0n) is 14.4. The summed E-state index contributed by atoms with van der Waals surface area (Å²) in [6, 6.07) is 14.8. The van der Waals surface area contributed by atoms with E-state index in [2.05, 4.69) is 25.7 Å². The van der Waals surface area contributed by atoms with E-state index in [4.69, 9.17) is 11.6 Å². The lowest BCUT2D eigenvalue weighted by molar-refractivity contribution is 0.0948. The normalized spacial score (nSPS) is 11.0. The molecule has 7 nitrogen and oxygen atoms in total. The number of hydrogen-bond acceptors (Lipinski definition) is 4. The second-order valence-electron chi connectivity index (χ2n) is 6.08. The number of aromatic amines is 1. The Morgan fingerprint density at radius 1 is 1.15 bits per heavy atom. The van der Waals surface area contributed by atoms with E-state index in [1.807, 2.05) is 40.9 Å². The summed E-state index contributed by atoms with van der Waals surface area (Å²) in [5.74, 6) is 0.695. The van der Waals surface area contributed by atoms with Gasteiger partial charge in [0.05, 0.1) is 5.69 Å². The van der Waals surface area contributed by atoms with Crippen LogP contribution in [0.4, 0.5) is 0 Å². The van der Waals surface area contributed by atoms with Gasteiger partial charge in [0.25, 0.3) is 5.91 Å². The van der Waals surface area contributed by atoms with Crippen molar-refractivity contribution in [3.63, 3.8) is 0 Å². The third-order valence-electron chi connectivity index (χ3n) is 4.21. The van der Waals surface area contributed by atoms with Crippen LogP contribution >= 0.6 is 11.6 Å². The van der Waals surface area contributed by atoms with Gasteiger partial charge in [0.15, 0.2) is 5.65 Å². The second kappa shape index (κ2) is 7.59. The lowest BCUT2D eigenvalue weighted by Gasteiger charge is -2.03. The molecule has 0 atom stereocenters. The molecule has 8 heteroatoms. The number of carbonyl (C=O) groups is 1. The number of halogens is 1. The van der Waals surface area contributed by atoms with E-state index in [0.29, 0.717) is 23.0 Å². The number of aromatic nitrogens is 5.